The zero-order valence-electron chi connectivity index (χ0n) is 12.6. The van der Waals surface area contributed by atoms with Gasteiger partial charge in [-0.3, -0.25) is 4.79 Å². The average molecular weight is 335 g/mol. The number of benzene rings is 2. The molecule has 2 aromatic heterocycles. The lowest BCUT2D eigenvalue weighted by atomic mass is 10.2. The van der Waals surface area contributed by atoms with Gasteiger partial charge in [0.1, 0.15) is 6.26 Å². The number of hydrogen-bond acceptors (Lipinski definition) is 5. The van der Waals surface area contributed by atoms with Crippen molar-refractivity contribution in [2.45, 2.75) is 6.42 Å². The summed E-state index contributed by atoms with van der Waals surface area (Å²) in [5.74, 6) is 0.348. The van der Waals surface area contributed by atoms with Crippen molar-refractivity contribution in [1.82, 2.24) is 9.97 Å². The largest absolute Gasteiger partial charge is 0.444 e. The van der Waals surface area contributed by atoms with Gasteiger partial charge in [0.15, 0.2) is 5.13 Å². The number of anilines is 1. The summed E-state index contributed by atoms with van der Waals surface area (Å²) in [6.07, 6.45) is 1.66. The predicted octanol–water partition coefficient (Wildman–Crippen LogP) is 4.13. The number of nitrogens with zero attached hydrogens (tertiary/aromatic N) is 2. The van der Waals surface area contributed by atoms with Crippen LogP contribution in [0, 0.1) is 0 Å². The van der Waals surface area contributed by atoms with Crippen molar-refractivity contribution in [2.24, 2.45) is 0 Å². The molecule has 2 heterocycles. The van der Waals surface area contributed by atoms with Crippen LogP contribution in [-0.2, 0) is 11.2 Å². The monoisotopic (exact) mass is 335 g/mol. The average Bonchev–Trinajstić information content (AvgIpc) is 3.21. The fourth-order valence-corrected chi connectivity index (χ4v) is 3.24. The van der Waals surface area contributed by atoms with Crippen LogP contribution in [0.2, 0.25) is 0 Å². The second-order valence-corrected chi connectivity index (χ2v) is 6.25. The molecule has 0 radical (unpaired) electrons. The molecule has 1 amide bonds. The van der Waals surface area contributed by atoms with E-state index in [4.69, 9.17) is 4.42 Å². The molecule has 0 aliphatic rings. The molecule has 0 atom stereocenters. The van der Waals surface area contributed by atoms with Crippen LogP contribution >= 0.6 is 11.3 Å². The van der Waals surface area contributed by atoms with Gasteiger partial charge < -0.3 is 9.73 Å². The number of carbonyl (C=O) groups is 1. The number of carbonyl (C=O) groups excluding carboxylic acids is 1. The molecule has 0 saturated heterocycles. The predicted molar refractivity (Wildman–Crippen MR) is 93.9 cm³/mol. The number of oxazole rings is 1. The SMILES string of the molecule is O=C(Cc1coc(-c2ccccc2)n1)Nc1nc2ccccc2s1. The Kier molecular flexibility index (Phi) is 3.80. The van der Waals surface area contributed by atoms with Crippen LogP contribution in [0.1, 0.15) is 5.69 Å². The summed E-state index contributed by atoms with van der Waals surface area (Å²) in [4.78, 5) is 20.9. The molecular weight excluding hydrogens is 322 g/mol. The van der Waals surface area contributed by atoms with Gasteiger partial charge in [0, 0.05) is 5.56 Å². The van der Waals surface area contributed by atoms with Gasteiger partial charge in [-0.25, -0.2) is 9.97 Å². The first kappa shape index (κ1) is 14.6. The number of nitrogens with one attached hydrogen (secondary N) is 1. The lowest BCUT2D eigenvalue weighted by Crippen LogP contribution is -2.14. The second-order valence-electron chi connectivity index (χ2n) is 5.22. The smallest absolute Gasteiger partial charge is 0.232 e. The maximum absolute atomic E-state index is 12.2. The molecular formula is C18H13N3O2S. The molecule has 0 saturated carbocycles. The molecule has 0 aliphatic carbocycles. The van der Waals surface area contributed by atoms with Crippen molar-refractivity contribution in [3.05, 3.63) is 66.6 Å². The minimum Gasteiger partial charge on any atom is -0.444 e. The van der Waals surface area contributed by atoms with Gasteiger partial charge in [-0.05, 0) is 24.3 Å². The van der Waals surface area contributed by atoms with Crippen LogP contribution in [0.4, 0.5) is 5.13 Å². The van der Waals surface area contributed by atoms with Crippen LogP contribution in [0.3, 0.4) is 0 Å². The van der Waals surface area contributed by atoms with E-state index >= 15 is 0 Å². The Bertz CT molecular complexity index is 959. The number of aromatic nitrogens is 2. The zero-order valence-corrected chi connectivity index (χ0v) is 13.4. The van der Waals surface area contributed by atoms with Gasteiger partial charge in [-0.1, -0.05) is 41.7 Å². The lowest BCUT2D eigenvalue weighted by Gasteiger charge is -1.98. The number of hydrogen-bond donors (Lipinski definition) is 1. The van der Waals surface area contributed by atoms with Gasteiger partial charge in [0.2, 0.25) is 11.8 Å². The van der Waals surface area contributed by atoms with Crippen molar-refractivity contribution in [3.63, 3.8) is 0 Å². The highest BCUT2D eigenvalue weighted by atomic mass is 32.1. The van der Waals surface area contributed by atoms with Crippen molar-refractivity contribution in [1.29, 1.82) is 0 Å². The highest BCUT2D eigenvalue weighted by Crippen LogP contribution is 2.25. The van der Waals surface area contributed by atoms with E-state index in [9.17, 15) is 4.79 Å². The Balaban J connectivity index is 1.45. The summed E-state index contributed by atoms with van der Waals surface area (Å²) in [6.45, 7) is 0. The minimum atomic E-state index is -0.165. The first-order chi connectivity index (χ1) is 11.8. The molecule has 1 N–H and O–H groups in total. The number of thiazole rings is 1. The molecule has 5 nitrogen and oxygen atoms in total. The van der Waals surface area contributed by atoms with E-state index in [0.717, 1.165) is 15.8 Å². The first-order valence-electron chi connectivity index (χ1n) is 7.43. The standard InChI is InChI=1S/C18H13N3O2S/c22-16(21-18-20-14-8-4-5-9-15(14)24-18)10-13-11-23-17(19-13)12-6-2-1-3-7-12/h1-9,11H,10H2,(H,20,21,22). The third-order valence-electron chi connectivity index (χ3n) is 3.45. The van der Waals surface area contributed by atoms with Gasteiger partial charge in [0.25, 0.3) is 0 Å². The van der Waals surface area contributed by atoms with Crippen molar-refractivity contribution < 1.29 is 9.21 Å². The molecule has 0 aliphatic heterocycles. The molecule has 118 valence electrons. The Morgan fingerprint density at radius 2 is 1.83 bits per heavy atom. The minimum absolute atomic E-state index is 0.145. The van der Waals surface area contributed by atoms with Gasteiger partial charge >= 0.3 is 0 Å². The molecule has 24 heavy (non-hydrogen) atoms. The van der Waals surface area contributed by atoms with Crippen LogP contribution < -0.4 is 5.32 Å². The molecule has 4 aromatic rings. The number of rotatable bonds is 4. The molecule has 0 fully saturated rings. The normalized spacial score (nSPS) is 10.8. The highest BCUT2D eigenvalue weighted by molar-refractivity contribution is 7.22. The van der Waals surface area contributed by atoms with E-state index in [1.165, 1.54) is 17.6 Å². The quantitative estimate of drug-likeness (QED) is 0.609. The fourth-order valence-electron chi connectivity index (χ4n) is 2.36. The van der Waals surface area contributed by atoms with Crippen LogP contribution in [0.15, 0.2) is 65.3 Å². The van der Waals surface area contributed by atoms with E-state index < -0.39 is 0 Å². The molecule has 0 bridgehead atoms. The fraction of sp³-hybridized carbons (Fsp3) is 0.0556. The van der Waals surface area contributed by atoms with Crippen molar-refractivity contribution >= 4 is 32.6 Å². The van der Waals surface area contributed by atoms with E-state index in [1.807, 2.05) is 54.6 Å². The molecule has 0 unspecified atom stereocenters. The molecule has 6 heteroatoms. The number of amides is 1. The first-order valence-corrected chi connectivity index (χ1v) is 8.25. The van der Waals surface area contributed by atoms with Gasteiger partial charge in [-0.2, -0.15) is 0 Å². The summed E-state index contributed by atoms with van der Waals surface area (Å²) in [7, 11) is 0. The Labute approximate surface area is 142 Å². The van der Waals surface area contributed by atoms with Crippen LogP contribution in [0.5, 0.6) is 0 Å². The van der Waals surface area contributed by atoms with E-state index in [2.05, 4.69) is 15.3 Å². The summed E-state index contributed by atoms with van der Waals surface area (Å²) >= 11 is 1.45. The maximum Gasteiger partial charge on any atom is 0.232 e. The van der Waals surface area contributed by atoms with Crippen molar-refractivity contribution in [3.8, 4) is 11.5 Å². The summed E-state index contributed by atoms with van der Waals surface area (Å²) in [6, 6.07) is 17.4. The number of para-hydroxylation sites is 1. The van der Waals surface area contributed by atoms with Crippen LogP contribution in [-0.4, -0.2) is 15.9 Å². The molecule has 4 rings (SSSR count). The summed E-state index contributed by atoms with van der Waals surface area (Å²) in [5, 5.41) is 3.41. The molecule has 2 aromatic carbocycles. The Morgan fingerprint density at radius 1 is 1.04 bits per heavy atom. The van der Waals surface area contributed by atoms with E-state index in [-0.39, 0.29) is 12.3 Å². The maximum atomic E-state index is 12.2. The summed E-state index contributed by atoms with van der Waals surface area (Å²) in [5.41, 5.74) is 2.35. The molecule has 0 spiro atoms. The zero-order chi connectivity index (χ0) is 16.4. The van der Waals surface area contributed by atoms with Gasteiger partial charge in [-0.15, -0.1) is 0 Å². The third-order valence-corrected chi connectivity index (χ3v) is 4.41. The lowest BCUT2D eigenvalue weighted by molar-refractivity contribution is -0.115. The van der Waals surface area contributed by atoms with E-state index in [1.54, 1.807) is 0 Å². The second kappa shape index (κ2) is 6.25. The van der Waals surface area contributed by atoms with E-state index in [0.29, 0.717) is 16.7 Å². The highest BCUT2D eigenvalue weighted by Gasteiger charge is 2.12. The number of fused-ring (bicyclic) bond motifs is 1. The Morgan fingerprint density at radius 3 is 2.67 bits per heavy atom. The summed E-state index contributed by atoms with van der Waals surface area (Å²) < 4.78 is 6.49. The van der Waals surface area contributed by atoms with Gasteiger partial charge in [0.05, 0.1) is 22.3 Å². The third kappa shape index (κ3) is 3.04. The Hall–Kier alpha value is -2.99. The van der Waals surface area contributed by atoms with Crippen LogP contribution in [0.25, 0.3) is 21.7 Å². The van der Waals surface area contributed by atoms with Crippen molar-refractivity contribution in [2.75, 3.05) is 5.32 Å². The topological polar surface area (TPSA) is 68.0 Å².